The molecule has 6 heteroatoms. The monoisotopic (exact) mass is 266 g/mol. The second kappa shape index (κ2) is 7.72. The summed E-state index contributed by atoms with van der Waals surface area (Å²) >= 11 is 1.72. The summed E-state index contributed by atoms with van der Waals surface area (Å²) in [4.78, 5) is 0. The largest absolute Gasteiger partial charge is 0.251 e. The normalized spacial score (nSPS) is 12.9. The third kappa shape index (κ3) is 4.04. The Kier molecular flexibility index (Phi) is 7.94. The van der Waals surface area contributed by atoms with Crippen LogP contribution in [0.15, 0.2) is 4.15 Å². The number of hydrogen-bond donors (Lipinski definition) is 0. The Bertz CT molecular complexity index is 212. The molecule has 0 atom stereocenters. The fourth-order valence-electron chi connectivity index (χ4n) is 1.62. The van der Waals surface area contributed by atoms with Gasteiger partial charge in [-0.1, -0.05) is 13.3 Å². The average molecular weight is 266 g/mol. The molecule has 0 aliphatic rings. The molecule has 0 aliphatic heterocycles. The molecule has 0 aromatic heterocycles. The number of unbranched alkanes of at least 4 members (excludes halogenated alkanes) is 1. The van der Waals surface area contributed by atoms with Crippen molar-refractivity contribution in [1.29, 1.82) is 0 Å². The van der Waals surface area contributed by atoms with Crippen molar-refractivity contribution in [2.45, 2.75) is 19.8 Å². The molecule has 0 saturated heterocycles. The fourth-order valence-corrected chi connectivity index (χ4v) is 6.88. The molecule has 0 unspecified atom stereocenters. The van der Waals surface area contributed by atoms with E-state index in [1.165, 1.54) is 12.8 Å². The average Bonchev–Trinajstić information content (AvgIpc) is 2.16. The molecule has 0 aliphatic carbocycles. The van der Waals surface area contributed by atoms with E-state index in [9.17, 15) is 0 Å². The first-order valence-electron chi connectivity index (χ1n) is 5.66. The Morgan fingerprint density at radius 1 is 0.938 bits per heavy atom. The van der Waals surface area contributed by atoms with Crippen molar-refractivity contribution in [3.05, 3.63) is 0 Å². The van der Waals surface area contributed by atoms with Crippen LogP contribution in [0, 0.1) is 0 Å². The first-order chi connectivity index (χ1) is 7.39. The van der Waals surface area contributed by atoms with E-state index in [1.54, 1.807) is 11.9 Å². The molecule has 4 nitrogen and oxygen atoms in total. The van der Waals surface area contributed by atoms with Crippen LogP contribution >= 0.6 is 19.5 Å². The molecule has 0 amide bonds. The minimum Gasteiger partial charge on any atom is -0.251 e. The highest BCUT2D eigenvalue weighted by atomic mass is 32.2. The lowest BCUT2D eigenvalue weighted by Crippen LogP contribution is -2.30. The highest BCUT2D eigenvalue weighted by Gasteiger charge is 2.28. The van der Waals surface area contributed by atoms with Gasteiger partial charge < -0.3 is 0 Å². The summed E-state index contributed by atoms with van der Waals surface area (Å²) < 4.78 is 11.6. The molecule has 0 radical (unpaired) electrons. The van der Waals surface area contributed by atoms with E-state index in [1.807, 2.05) is 0 Å². The Morgan fingerprint density at radius 3 is 1.69 bits per heavy atom. The first-order valence-corrected chi connectivity index (χ1v) is 8.20. The predicted octanol–water partition coefficient (Wildman–Crippen LogP) is 3.07. The molecule has 0 fully saturated rings. The van der Waals surface area contributed by atoms with Crippen molar-refractivity contribution >= 4 is 19.5 Å². The van der Waals surface area contributed by atoms with E-state index in [2.05, 4.69) is 63.2 Å². The first kappa shape index (κ1) is 16.5. The van der Waals surface area contributed by atoms with Crippen LogP contribution in [0.4, 0.5) is 0 Å². The van der Waals surface area contributed by atoms with Crippen molar-refractivity contribution in [2.24, 2.45) is 4.15 Å². The van der Waals surface area contributed by atoms with Gasteiger partial charge in [-0.3, -0.25) is 14.0 Å². The van der Waals surface area contributed by atoms with Crippen LogP contribution in [0.1, 0.15) is 19.8 Å². The van der Waals surface area contributed by atoms with Crippen molar-refractivity contribution in [3.8, 4) is 0 Å². The van der Waals surface area contributed by atoms with Crippen LogP contribution in [-0.2, 0) is 0 Å². The number of nitrogens with zero attached hydrogens (tertiary/aromatic N) is 4. The van der Waals surface area contributed by atoms with Crippen LogP contribution in [0.25, 0.3) is 0 Å². The van der Waals surface area contributed by atoms with Crippen molar-refractivity contribution < 1.29 is 0 Å². The zero-order chi connectivity index (χ0) is 12.8. The van der Waals surface area contributed by atoms with E-state index in [0.29, 0.717) is 0 Å². The minimum absolute atomic E-state index is 1.12. The van der Waals surface area contributed by atoms with Gasteiger partial charge in [-0.15, -0.1) is 0 Å². The third-order valence-electron chi connectivity index (χ3n) is 2.37. The summed E-state index contributed by atoms with van der Waals surface area (Å²) in [5, 5.41) is 0. The van der Waals surface area contributed by atoms with Gasteiger partial charge in [0.25, 0.3) is 0 Å². The fraction of sp³-hybridized carbons (Fsp3) is 1.00. The summed E-state index contributed by atoms with van der Waals surface area (Å²) in [5.41, 5.74) is 0. The van der Waals surface area contributed by atoms with Crippen LogP contribution < -0.4 is 0 Å². The molecule has 98 valence electrons. The van der Waals surface area contributed by atoms with Gasteiger partial charge in [-0.25, -0.2) is 0 Å². The Balaban J connectivity index is 4.89. The lowest BCUT2D eigenvalue weighted by molar-refractivity contribution is 0.476. The van der Waals surface area contributed by atoms with E-state index in [-0.39, 0.29) is 0 Å². The van der Waals surface area contributed by atoms with Gasteiger partial charge in [-0.2, -0.15) is 4.15 Å². The van der Waals surface area contributed by atoms with Crippen molar-refractivity contribution in [3.63, 3.8) is 0 Å². The zero-order valence-corrected chi connectivity index (χ0v) is 13.5. The molecular formula is C10H27N4PS. The lowest BCUT2D eigenvalue weighted by Gasteiger charge is -2.40. The maximum atomic E-state index is 4.90. The second-order valence-corrected chi connectivity index (χ2v) is 9.14. The Morgan fingerprint density at radius 2 is 1.38 bits per heavy atom. The number of rotatable bonds is 7. The van der Waals surface area contributed by atoms with Crippen LogP contribution in [0.5, 0.6) is 0 Å². The molecular weight excluding hydrogens is 239 g/mol. The highest BCUT2D eigenvalue weighted by Crippen LogP contribution is 2.56. The van der Waals surface area contributed by atoms with E-state index >= 15 is 0 Å². The van der Waals surface area contributed by atoms with Gasteiger partial charge in [0.2, 0.25) is 0 Å². The van der Waals surface area contributed by atoms with Gasteiger partial charge in [0.15, 0.2) is 7.51 Å². The number of hydrogen-bond acceptors (Lipinski definition) is 2. The molecule has 0 N–H and O–H groups in total. The van der Waals surface area contributed by atoms with Gasteiger partial charge in [-0.05, 0) is 60.7 Å². The maximum Gasteiger partial charge on any atom is 0.178 e. The van der Waals surface area contributed by atoms with Gasteiger partial charge in [0.1, 0.15) is 0 Å². The van der Waals surface area contributed by atoms with E-state index < -0.39 is 7.51 Å². The predicted molar refractivity (Wildman–Crippen MR) is 77.8 cm³/mol. The topological polar surface area (TPSA) is 22.1 Å². The summed E-state index contributed by atoms with van der Waals surface area (Å²) in [5.74, 6) is 1.12. The highest BCUT2D eigenvalue weighted by molar-refractivity contribution is 8.00. The second-order valence-electron chi connectivity index (χ2n) is 4.35. The Hall–Kier alpha value is 0.460. The molecule has 0 heterocycles. The summed E-state index contributed by atoms with van der Waals surface area (Å²) in [6.45, 7) is 2.22. The summed E-state index contributed by atoms with van der Waals surface area (Å²) in [7, 11) is 11.0. The van der Waals surface area contributed by atoms with E-state index in [0.717, 1.165) is 5.75 Å². The SMILES string of the molecule is CCCCSN=P(N(C)C)(N(C)C)N(C)C. The minimum atomic E-state index is -1.66. The molecule has 0 spiro atoms. The van der Waals surface area contributed by atoms with Crippen LogP contribution in [0.2, 0.25) is 0 Å². The molecule has 0 saturated carbocycles. The quantitative estimate of drug-likeness (QED) is 0.401. The Labute approximate surface area is 106 Å². The molecule has 0 bridgehead atoms. The van der Waals surface area contributed by atoms with Crippen molar-refractivity contribution in [2.75, 3.05) is 48.0 Å². The van der Waals surface area contributed by atoms with Crippen molar-refractivity contribution in [1.82, 2.24) is 14.0 Å². The zero-order valence-electron chi connectivity index (χ0n) is 11.8. The van der Waals surface area contributed by atoms with Crippen LogP contribution in [-0.4, -0.2) is 62.1 Å². The van der Waals surface area contributed by atoms with Gasteiger partial charge in [0.05, 0.1) is 0 Å². The molecule has 0 rings (SSSR count). The summed E-state index contributed by atoms with van der Waals surface area (Å²) in [6.07, 6.45) is 2.47. The molecule has 0 aromatic rings. The van der Waals surface area contributed by atoms with Gasteiger partial charge in [0, 0.05) is 5.75 Å². The van der Waals surface area contributed by atoms with Gasteiger partial charge >= 0.3 is 0 Å². The van der Waals surface area contributed by atoms with Crippen LogP contribution in [0.3, 0.4) is 0 Å². The van der Waals surface area contributed by atoms with E-state index in [4.69, 9.17) is 4.15 Å². The third-order valence-corrected chi connectivity index (χ3v) is 7.40. The lowest BCUT2D eigenvalue weighted by atomic mass is 10.4. The molecule has 16 heavy (non-hydrogen) atoms. The standard InChI is InChI=1S/C10H27N4PS/c1-8-9-10-16-11-15(12(2)3,13(4)5)14(6)7/h8-10H2,1-7H3. The smallest absolute Gasteiger partial charge is 0.178 e. The summed E-state index contributed by atoms with van der Waals surface area (Å²) in [6, 6.07) is 0. The molecule has 0 aromatic carbocycles. The maximum absolute atomic E-state index is 4.90.